The molecule has 0 spiro atoms. The van der Waals surface area contributed by atoms with E-state index in [0.29, 0.717) is 13.0 Å². The predicted octanol–water partition coefficient (Wildman–Crippen LogP) is 8.97. The smallest absolute Gasteiger partial charge is 0.306 e. The van der Waals surface area contributed by atoms with E-state index in [2.05, 4.69) is 62.5 Å². The topological polar surface area (TPSA) is 135 Å². The standard InChI is InChI=1S/C44H78O9/c1-3-5-7-9-11-13-15-17-18-19-20-21-23-25-27-29-31-33-40(46)52-38(37-51-44-43(49)42(48)41(47)39(35-45)53-44)36-50-34-32-30-28-26-24-22-16-14-12-10-8-6-4-2/h5,7,11-14,17-18,38-39,41-45,47-49H,3-4,6,8-10,15-16,19-37H2,1-2H3/b7-5-,13-11-,14-12-,18-17-. The van der Waals surface area contributed by atoms with Gasteiger partial charge in [0.25, 0.3) is 0 Å². The van der Waals surface area contributed by atoms with Gasteiger partial charge in [-0.25, -0.2) is 0 Å². The Hall–Kier alpha value is -1.85. The molecule has 0 bridgehead atoms. The van der Waals surface area contributed by atoms with Gasteiger partial charge in [-0.2, -0.15) is 0 Å². The molecule has 0 aromatic heterocycles. The highest BCUT2D eigenvalue weighted by Gasteiger charge is 2.44. The summed E-state index contributed by atoms with van der Waals surface area (Å²) >= 11 is 0. The first-order valence-electron chi connectivity index (χ1n) is 21.2. The van der Waals surface area contributed by atoms with E-state index in [1.165, 1.54) is 64.2 Å². The fraction of sp³-hybridized carbons (Fsp3) is 0.795. The fourth-order valence-electron chi connectivity index (χ4n) is 6.15. The van der Waals surface area contributed by atoms with Crippen LogP contribution >= 0.6 is 0 Å². The summed E-state index contributed by atoms with van der Waals surface area (Å²) in [6.45, 7) is 4.39. The lowest BCUT2D eigenvalue weighted by molar-refractivity contribution is -0.305. The summed E-state index contributed by atoms with van der Waals surface area (Å²) < 4.78 is 22.7. The molecule has 1 saturated heterocycles. The van der Waals surface area contributed by atoms with E-state index in [0.717, 1.165) is 77.0 Å². The van der Waals surface area contributed by atoms with Crippen LogP contribution in [0.1, 0.15) is 162 Å². The quantitative estimate of drug-likeness (QED) is 0.0285. The number of aliphatic hydroxyl groups excluding tert-OH is 4. The minimum absolute atomic E-state index is 0.121. The fourth-order valence-corrected chi connectivity index (χ4v) is 6.15. The molecule has 0 aliphatic carbocycles. The van der Waals surface area contributed by atoms with Gasteiger partial charge in [-0.1, -0.05) is 133 Å². The van der Waals surface area contributed by atoms with Gasteiger partial charge in [0, 0.05) is 13.0 Å². The van der Waals surface area contributed by atoms with E-state index >= 15 is 0 Å². The molecule has 53 heavy (non-hydrogen) atoms. The van der Waals surface area contributed by atoms with E-state index in [9.17, 15) is 25.2 Å². The molecule has 1 aliphatic rings. The van der Waals surface area contributed by atoms with Gasteiger partial charge in [0.2, 0.25) is 0 Å². The second-order valence-electron chi connectivity index (χ2n) is 14.4. The first-order valence-corrected chi connectivity index (χ1v) is 21.2. The van der Waals surface area contributed by atoms with E-state index in [1.54, 1.807) is 0 Å². The maximum Gasteiger partial charge on any atom is 0.306 e. The maximum absolute atomic E-state index is 12.7. The lowest BCUT2D eigenvalue weighted by atomic mass is 9.99. The summed E-state index contributed by atoms with van der Waals surface area (Å²) in [5.74, 6) is -0.328. The van der Waals surface area contributed by atoms with Gasteiger partial charge >= 0.3 is 5.97 Å². The van der Waals surface area contributed by atoms with Gasteiger partial charge in [-0.15, -0.1) is 0 Å². The molecule has 9 heteroatoms. The molecule has 1 heterocycles. The number of unbranched alkanes of at least 4 members (excludes halogenated alkanes) is 16. The Bertz CT molecular complexity index is 947. The van der Waals surface area contributed by atoms with Crippen molar-refractivity contribution in [2.45, 2.75) is 198 Å². The van der Waals surface area contributed by atoms with Crippen LogP contribution in [-0.4, -0.2) is 89.6 Å². The predicted molar refractivity (Wildman–Crippen MR) is 215 cm³/mol. The molecule has 0 saturated carbocycles. The number of carbonyl (C=O) groups excluding carboxylic acids is 1. The number of hydrogen-bond donors (Lipinski definition) is 4. The molecule has 0 aromatic carbocycles. The average molecular weight is 751 g/mol. The third-order valence-electron chi connectivity index (χ3n) is 9.48. The third kappa shape index (κ3) is 27.4. The van der Waals surface area contributed by atoms with Gasteiger partial charge in [0.05, 0.1) is 19.8 Å². The largest absolute Gasteiger partial charge is 0.457 e. The summed E-state index contributed by atoms with van der Waals surface area (Å²) in [6, 6.07) is 0. The molecule has 0 amide bonds. The van der Waals surface area contributed by atoms with Crippen LogP contribution in [-0.2, 0) is 23.7 Å². The number of ether oxygens (including phenoxy) is 4. The molecule has 1 aliphatic heterocycles. The summed E-state index contributed by atoms with van der Waals surface area (Å²) in [5, 5.41) is 40.0. The highest BCUT2D eigenvalue weighted by molar-refractivity contribution is 5.69. The Kier molecular flexibility index (Phi) is 33.2. The zero-order valence-electron chi connectivity index (χ0n) is 33.5. The van der Waals surface area contributed by atoms with Crippen molar-refractivity contribution in [2.24, 2.45) is 0 Å². The molecule has 308 valence electrons. The van der Waals surface area contributed by atoms with Crippen LogP contribution in [0.3, 0.4) is 0 Å². The van der Waals surface area contributed by atoms with E-state index in [4.69, 9.17) is 18.9 Å². The minimum Gasteiger partial charge on any atom is -0.457 e. The number of carbonyl (C=O) groups is 1. The normalized spacial score (nSPS) is 21.5. The van der Waals surface area contributed by atoms with Crippen molar-refractivity contribution in [3.05, 3.63) is 48.6 Å². The van der Waals surface area contributed by atoms with Gasteiger partial charge in [-0.3, -0.25) is 4.79 Å². The lowest BCUT2D eigenvalue weighted by Crippen LogP contribution is -2.59. The average Bonchev–Trinajstić information content (AvgIpc) is 3.16. The van der Waals surface area contributed by atoms with E-state index in [1.807, 2.05) is 0 Å². The monoisotopic (exact) mass is 751 g/mol. The highest BCUT2D eigenvalue weighted by atomic mass is 16.7. The molecule has 6 unspecified atom stereocenters. The van der Waals surface area contributed by atoms with Crippen LogP contribution in [0.5, 0.6) is 0 Å². The Morgan fingerprint density at radius 2 is 1.15 bits per heavy atom. The van der Waals surface area contributed by atoms with Crippen LogP contribution in [0.25, 0.3) is 0 Å². The van der Waals surface area contributed by atoms with Crippen molar-refractivity contribution in [3.8, 4) is 0 Å². The van der Waals surface area contributed by atoms with Crippen molar-refractivity contribution < 1.29 is 44.2 Å². The molecule has 0 radical (unpaired) electrons. The molecule has 1 rings (SSSR count). The summed E-state index contributed by atoms with van der Waals surface area (Å²) in [6.07, 6.45) is 35.6. The highest BCUT2D eigenvalue weighted by Crippen LogP contribution is 2.22. The molecule has 4 N–H and O–H groups in total. The van der Waals surface area contributed by atoms with Gasteiger partial charge in [0.15, 0.2) is 6.29 Å². The molecule has 9 nitrogen and oxygen atoms in total. The van der Waals surface area contributed by atoms with Crippen molar-refractivity contribution in [2.75, 3.05) is 26.4 Å². The second kappa shape index (κ2) is 35.8. The number of esters is 1. The minimum atomic E-state index is -1.54. The van der Waals surface area contributed by atoms with Crippen molar-refractivity contribution in [3.63, 3.8) is 0 Å². The van der Waals surface area contributed by atoms with Gasteiger partial charge < -0.3 is 39.4 Å². The maximum atomic E-state index is 12.7. The molecule has 6 atom stereocenters. The molecular formula is C44H78O9. The Labute approximate surface area is 322 Å². The van der Waals surface area contributed by atoms with Crippen molar-refractivity contribution in [1.82, 2.24) is 0 Å². The van der Waals surface area contributed by atoms with Crippen molar-refractivity contribution in [1.29, 1.82) is 0 Å². The molecule has 0 aromatic rings. The zero-order valence-corrected chi connectivity index (χ0v) is 33.5. The number of allylic oxidation sites excluding steroid dienone is 8. The van der Waals surface area contributed by atoms with Crippen molar-refractivity contribution >= 4 is 5.97 Å². The van der Waals surface area contributed by atoms with Crippen LogP contribution < -0.4 is 0 Å². The van der Waals surface area contributed by atoms with Crippen LogP contribution in [0.15, 0.2) is 48.6 Å². The third-order valence-corrected chi connectivity index (χ3v) is 9.48. The summed E-state index contributed by atoms with van der Waals surface area (Å²) in [7, 11) is 0. The number of hydrogen-bond acceptors (Lipinski definition) is 9. The number of rotatable bonds is 35. The van der Waals surface area contributed by atoms with E-state index < -0.39 is 43.4 Å². The van der Waals surface area contributed by atoms with E-state index in [-0.39, 0.29) is 19.2 Å². The Morgan fingerprint density at radius 3 is 1.75 bits per heavy atom. The second-order valence-corrected chi connectivity index (χ2v) is 14.4. The lowest BCUT2D eigenvalue weighted by Gasteiger charge is -2.39. The van der Waals surface area contributed by atoms with Crippen LogP contribution in [0.2, 0.25) is 0 Å². The van der Waals surface area contributed by atoms with Crippen LogP contribution in [0.4, 0.5) is 0 Å². The first kappa shape index (κ1) is 49.2. The Balaban J connectivity index is 2.30. The SMILES string of the molecule is CC/C=C\C/C=C\C/C=C\CCCCCCCCCC(=O)OC(COCCCCCCCC/C=C\CCCCC)COC1OC(CO)C(O)C(O)C1O. The summed E-state index contributed by atoms with van der Waals surface area (Å²) in [4.78, 5) is 12.7. The Morgan fingerprint density at radius 1 is 0.623 bits per heavy atom. The van der Waals surface area contributed by atoms with Gasteiger partial charge in [-0.05, 0) is 70.6 Å². The van der Waals surface area contributed by atoms with Crippen LogP contribution in [0, 0.1) is 0 Å². The molecule has 1 fully saturated rings. The molecular weight excluding hydrogens is 672 g/mol. The first-order chi connectivity index (χ1) is 25.9. The summed E-state index contributed by atoms with van der Waals surface area (Å²) in [5.41, 5.74) is 0. The number of aliphatic hydroxyl groups is 4. The van der Waals surface area contributed by atoms with Gasteiger partial charge in [0.1, 0.15) is 30.5 Å². The zero-order chi connectivity index (χ0) is 38.6.